The molecule has 4 heteroatoms. The molecule has 0 atom stereocenters. The summed E-state index contributed by atoms with van der Waals surface area (Å²) in [4.78, 5) is 11.3. The van der Waals surface area contributed by atoms with Crippen molar-refractivity contribution in [2.45, 2.75) is 26.7 Å². The first-order valence-corrected chi connectivity index (χ1v) is 6.17. The molecule has 0 fully saturated rings. The van der Waals surface area contributed by atoms with Crippen LogP contribution in [0.2, 0.25) is 0 Å². The van der Waals surface area contributed by atoms with Gasteiger partial charge < -0.3 is 15.3 Å². The number of aromatic carboxylic acids is 1. The second-order valence-corrected chi connectivity index (χ2v) is 4.65. The van der Waals surface area contributed by atoms with Crippen LogP contribution in [0, 0.1) is 6.92 Å². The molecule has 0 radical (unpaired) electrons. The topological polar surface area (TPSA) is 77.8 Å². The molecule has 2 aromatic carbocycles. The van der Waals surface area contributed by atoms with Crippen molar-refractivity contribution in [3.8, 4) is 11.5 Å². The maximum Gasteiger partial charge on any atom is 0.340 e. The monoisotopic (exact) mass is 260 g/mol. The number of phenolic OH excluding ortho intramolecular Hbond substituents is 1. The molecule has 3 N–H and O–H groups in total. The molecular formula is C15H16O4. The molecule has 0 aliphatic heterocycles. The molecular weight excluding hydrogens is 244 g/mol. The van der Waals surface area contributed by atoms with Crippen LogP contribution >= 0.6 is 0 Å². The van der Waals surface area contributed by atoms with Gasteiger partial charge in [0, 0.05) is 10.9 Å². The summed E-state index contributed by atoms with van der Waals surface area (Å²) in [5, 5.41) is 30.3. The van der Waals surface area contributed by atoms with E-state index in [1.54, 1.807) is 12.1 Å². The van der Waals surface area contributed by atoms with Crippen LogP contribution in [-0.4, -0.2) is 21.3 Å². The Bertz CT molecular complexity index is 659. The molecule has 0 saturated carbocycles. The lowest BCUT2D eigenvalue weighted by Gasteiger charge is -2.14. The predicted octanol–water partition coefficient (Wildman–Crippen LogP) is 3.21. The molecule has 0 heterocycles. The fraction of sp³-hybridized carbons (Fsp3) is 0.267. The van der Waals surface area contributed by atoms with Gasteiger partial charge in [0.25, 0.3) is 0 Å². The summed E-state index contributed by atoms with van der Waals surface area (Å²) in [5.74, 6) is -2.12. The van der Waals surface area contributed by atoms with E-state index in [9.17, 15) is 20.1 Å². The van der Waals surface area contributed by atoms with Crippen LogP contribution in [0.5, 0.6) is 11.5 Å². The van der Waals surface area contributed by atoms with Gasteiger partial charge in [0.1, 0.15) is 5.56 Å². The van der Waals surface area contributed by atoms with Gasteiger partial charge in [-0.3, -0.25) is 0 Å². The van der Waals surface area contributed by atoms with Crippen molar-refractivity contribution in [1.29, 1.82) is 0 Å². The van der Waals surface area contributed by atoms with Crippen molar-refractivity contribution in [1.82, 2.24) is 0 Å². The molecule has 2 rings (SSSR count). The summed E-state index contributed by atoms with van der Waals surface area (Å²) >= 11 is 0. The summed E-state index contributed by atoms with van der Waals surface area (Å²) in [6.07, 6.45) is 1.38. The highest BCUT2D eigenvalue weighted by atomic mass is 16.4. The molecule has 2 aromatic rings. The third-order valence-electron chi connectivity index (χ3n) is 3.23. The molecule has 100 valence electrons. The van der Waals surface area contributed by atoms with Gasteiger partial charge in [-0.05, 0) is 18.7 Å². The Kier molecular flexibility index (Phi) is 3.34. The van der Waals surface area contributed by atoms with E-state index in [0.29, 0.717) is 22.8 Å². The number of hydrogen-bond acceptors (Lipinski definition) is 3. The van der Waals surface area contributed by atoms with Crippen LogP contribution in [-0.2, 0) is 6.42 Å². The van der Waals surface area contributed by atoms with Gasteiger partial charge in [0.15, 0.2) is 11.5 Å². The third-order valence-corrected chi connectivity index (χ3v) is 3.23. The molecule has 4 nitrogen and oxygen atoms in total. The van der Waals surface area contributed by atoms with Crippen LogP contribution < -0.4 is 0 Å². The highest BCUT2D eigenvalue weighted by Crippen LogP contribution is 2.41. The fourth-order valence-electron chi connectivity index (χ4n) is 2.36. The maximum absolute atomic E-state index is 11.3. The lowest BCUT2D eigenvalue weighted by atomic mass is 9.93. The zero-order valence-electron chi connectivity index (χ0n) is 10.9. The number of benzene rings is 2. The summed E-state index contributed by atoms with van der Waals surface area (Å²) in [5.41, 5.74) is 1.34. The van der Waals surface area contributed by atoms with Gasteiger partial charge in [0.05, 0.1) is 0 Å². The lowest BCUT2D eigenvalue weighted by molar-refractivity contribution is 0.0695. The van der Waals surface area contributed by atoms with E-state index in [1.807, 2.05) is 19.9 Å². The Morgan fingerprint density at radius 3 is 2.42 bits per heavy atom. The van der Waals surface area contributed by atoms with Crippen LogP contribution in [0.25, 0.3) is 10.8 Å². The number of phenols is 2. The second-order valence-electron chi connectivity index (χ2n) is 4.65. The maximum atomic E-state index is 11.3. The van der Waals surface area contributed by atoms with E-state index < -0.39 is 11.7 Å². The molecule has 0 amide bonds. The molecule has 0 aliphatic carbocycles. The van der Waals surface area contributed by atoms with Crippen LogP contribution in [0.4, 0.5) is 0 Å². The summed E-state index contributed by atoms with van der Waals surface area (Å²) < 4.78 is 0. The van der Waals surface area contributed by atoms with E-state index in [0.717, 1.165) is 12.0 Å². The quantitative estimate of drug-likeness (QED) is 0.740. The molecule has 0 aliphatic rings. The van der Waals surface area contributed by atoms with Gasteiger partial charge in [-0.1, -0.05) is 37.1 Å². The van der Waals surface area contributed by atoms with E-state index in [4.69, 9.17) is 0 Å². The molecule has 19 heavy (non-hydrogen) atoms. The van der Waals surface area contributed by atoms with Gasteiger partial charge in [-0.25, -0.2) is 4.79 Å². The predicted molar refractivity (Wildman–Crippen MR) is 73.0 cm³/mol. The Morgan fingerprint density at radius 1 is 1.16 bits per heavy atom. The van der Waals surface area contributed by atoms with E-state index >= 15 is 0 Å². The number of carboxylic acid groups (broad SMARTS) is 1. The van der Waals surface area contributed by atoms with Crippen LogP contribution in [0.3, 0.4) is 0 Å². The second kappa shape index (κ2) is 4.80. The van der Waals surface area contributed by atoms with Crippen molar-refractivity contribution >= 4 is 16.7 Å². The lowest BCUT2D eigenvalue weighted by Crippen LogP contribution is -2.01. The highest BCUT2D eigenvalue weighted by molar-refractivity contribution is 6.08. The Labute approximate surface area is 110 Å². The number of fused-ring (bicyclic) bond motifs is 1. The minimum Gasteiger partial charge on any atom is -0.504 e. The number of aryl methyl sites for hydroxylation is 2. The van der Waals surface area contributed by atoms with Gasteiger partial charge in [-0.15, -0.1) is 0 Å². The van der Waals surface area contributed by atoms with E-state index in [1.165, 1.54) is 0 Å². The van der Waals surface area contributed by atoms with Crippen molar-refractivity contribution in [2.24, 2.45) is 0 Å². The fourth-order valence-corrected chi connectivity index (χ4v) is 2.36. The molecule has 0 aromatic heterocycles. The Hall–Kier alpha value is -2.23. The largest absolute Gasteiger partial charge is 0.504 e. The van der Waals surface area contributed by atoms with Crippen LogP contribution in [0.1, 0.15) is 34.8 Å². The molecule has 0 saturated heterocycles. The minimum atomic E-state index is -1.25. The molecule has 0 bridgehead atoms. The number of carbonyl (C=O) groups is 1. The van der Waals surface area contributed by atoms with E-state index in [2.05, 4.69) is 0 Å². The average Bonchev–Trinajstić information content (AvgIpc) is 2.35. The summed E-state index contributed by atoms with van der Waals surface area (Å²) in [6.45, 7) is 3.86. The highest BCUT2D eigenvalue weighted by Gasteiger charge is 2.22. The normalized spacial score (nSPS) is 10.8. The first-order valence-electron chi connectivity index (χ1n) is 6.17. The number of carboxylic acids is 1. The summed E-state index contributed by atoms with van der Waals surface area (Å²) in [6, 6.07) is 5.30. The number of hydrogen-bond donors (Lipinski definition) is 3. The van der Waals surface area contributed by atoms with Gasteiger partial charge >= 0.3 is 5.97 Å². The van der Waals surface area contributed by atoms with Crippen molar-refractivity contribution in [3.63, 3.8) is 0 Å². The minimum absolute atomic E-state index is 0.243. The standard InChI is InChI=1S/C15H16O4/c1-3-4-10-11-7-8(2)5-6-9(11)12(15(18)19)14(17)13(10)16/h5-7,16-17H,3-4H2,1-2H3,(H,18,19). The first kappa shape index (κ1) is 13.2. The van der Waals surface area contributed by atoms with Gasteiger partial charge in [-0.2, -0.15) is 0 Å². The number of rotatable bonds is 3. The first-order chi connectivity index (χ1) is 8.97. The third kappa shape index (κ3) is 2.10. The molecule has 0 unspecified atom stereocenters. The Morgan fingerprint density at radius 2 is 1.84 bits per heavy atom. The summed E-state index contributed by atoms with van der Waals surface area (Å²) in [7, 11) is 0. The smallest absolute Gasteiger partial charge is 0.340 e. The van der Waals surface area contributed by atoms with Gasteiger partial charge in [0.2, 0.25) is 0 Å². The SMILES string of the molecule is CCCc1c(O)c(O)c(C(=O)O)c2ccc(C)cc12. The van der Waals surface area contributed by atoms with Crippen molar-refractivity contribution in [3.05, 3.63) is 34.9 Å². The Balaban J connectivity index is 2.96. The average molecular weight is 260 g/mol. The zero-order valence-corrected chi connectivity index (χ0v) is 10.9. The molecule has 0 spiro atoms. The van der Waals surface area contributed by atoms with Crippen molar-refractivity contribution < 1.29 is 20.1 Å². The van der Waals surface area contributed by atoms with Crippen molar-refractivity contribution in [2.75, 3.05) is 0 Å². The zero-order chi connectivity index (χ0) is 14.2. The van der Waals surface area contributed by atoms with E-state index in [-0.39, 0.29) is 11.3 Å². The number of aromatic hydroxyl groups is 2. The van der Waals surface area contributed by atoms with Crippen LogP contribution in [0.15, 0.2) is 18.2 Å².